The third kappa shape index (κ3) is 4.13. The van der Waals surface area contributed by atoms with Gasteiger partial charge in [-0.1, -0.05) is 38.5 Å². The Hall–Kier alpha value is -1.91. The summed E-state index contributed by atoms with van der Waals surface area (Å²) in [5.74, 6) is -0.219. The average molecular weight is 329 g/mol. The second-order valence-corrected chi connectivity index (χ2v) is 6.99. The molecular weight excluding hydrogens is 302 g/mol. The number of nitrogens with zero attached hydrogens (tertiary/aromatic N) is 2. The first-order valence-electron chi connectivity index (χ1n) is 9.30. The van der Waals surface area contributed by atoms with E-state index in [1.165, 1.54) is 17.7 Å². The van der Waals surface area contributed by atoms with Gasteiger partial charge >= 0.3 is 6.03 Å². The molecule has 0 aliphatic heterocycles. The van der Waals surface area contributed by atoms with Gasteiger partial charge in [0.05, 0.1) is 5.56 Å². The number of carbonyl (C=O) groups is 2. The Labute approximate surface area is 143 Å². The number of imide groups is 1. The first-order chi connectivity index (χ1) is 11.8. The van der Waals surface area contributed by atoms with Crippen molar-refractivity contribution in [1.29, 1.82) is 0 Å². The normalized spacial score (nSPS) is 19.7. The summed E-state index contributed by atoms with van der Waals surface area (Å²) < 4.78 is 0. The molecule has 5 nitrogen and oxygen atoms in total. The van der Waals surface area contributed by atoms with E-state index in [2.05, 4.69) is 10.3 Å². The number of urea groups is 1. The molecule has 0 aromatic carbocycles. The van der Waals surface area contributed by atoms with Gasteiger partial charge in [-0.3, -0.25) is 14.7 Å². The van der Waals surface area contributed by atoms with Gasteiger partial charge in [-0.25, -0.2) is 4.79 Å². The predicted octanol–water partition coefficient (Wildman–Crippen LogP) is 3.90. The monoisotopic (exact) mass is 329 g/mol. The molecule has 24 heavy (non-hydrogen) atoms. The zero-order valence-electron chi connectivity index (χ0n) is 14.2. The van der Waals surface area contributed by atoms with Crippen LogP contribution in [0, 0.1) is 0 Å². The molecule has 3 rings (SSSR count). The van der Waals surface area contributed by atoms with Crippen LogP contribution in [0.1, 0.15) is 74.6 Å². The maximum absolute atomic E-state index is 13.0. The largest absolute Gasteiger partial charge is 0.335 e. The molecule has 1 aromatic heterocycles. The van der Waals surface area contributed by atoms with Crippen molar-refractivity contribution in [3.05, 3.63) is 30.1 Å². The van der Waals surface area contributed by atoms with Crippen molar-refractivity contribution in [2.75, 3.05) is 0 Å². The fraction of sp³-hybridized carbons (Fsp3) is 0.632. The lowest BCUT2D eigenvalue weighted by atomic mass is 9.93. The van der Waals surface area contributed by atoms with Crippen LogP contribution >= 0.6 is 0 Å². The molecule has 1 aromatic rings. The third-order valence-corrected chi connectivity index (χ3v) is 5.22. The summed E-state index contributed by atoms with van der Waals surface area (Å²) in [7, 11) is 0. The number of carbonyl (C=O) groups excluding carboxylic acids is 2. The Morgan fingerprint density at radius 3 is 2.29 bits per heavy atom. The Bertz CT molecular complexity index is 549. The minimum atomic E-state index is -0.220. The zero-order chi connectivity index (χ0) is 16.8. The van der Waals surface area contributed by atoms with E-state index in [0.717, 1.165) is 51.4 Å². The topological polar surface area (TPSA) is 62.3 Å². The number of amides is 3. The van der Waals surface area contributed by atoms with Gasteiger partial charge in [0.15, 0.2) is 0 Å². The number of pyridine rings is 1. The molecule has 0 atom stereocenters. The molecule has 0 spiro atoms. The molecule has 1 heterocycles. The first kappa shape index (κ1) is 16.9. The molecule has 0 radical (unpaired) electrons. The molecule has 0 unspecified atom stereocenters. The van der Waals surface area contributed by atoms with E-state index < -0.39 is 0 Å². The smallest absolute Gasteiger partial charge is 0.324 e. The fourth-order valence-corrected chi connectivity index (χ4v) is 3.88. The van der Waals surface area contributed by atoms with Crippen molar-refractivity contribution in [2.24, 2.45) is 0 Å². The Morgan fingerprint density at radius 1 is 1.00 bits per heavy atom. The van der Waals surface area contributed by atoms with Gasteiger partial charge in [0.1, 0.15) is 0 Å². The Morgan fingerprint density at radius 2 is 1.67 bits per heavy atom. The van der Waals surface area contributed by atoms with Crippen molar-refractivity contribution >= 4 is 11.9 Å². The SMILES string of the molecule is O=C(NC1CCCCC1)N(C(=O)c1cccnc1)C1CCCCC1. The third-order valence-electron chi connectivity index (χ3n) is 5.22. The molecule has 2 fully saturated rings. The highest BCUT2D eigenvalue weighted by Gasteiger charge is 2.32. The molecular formula is C19H27N3O2. The highest BCUT2D eigenvalue weighted by Crippen LogP contribution is 2.25. The lowest BCUT2D eigenvalue weighted by Crippen LogP contribution is -2.52. The molecule has 0 bridgehead atoms. The number of nitrogens with one attached hydrogen (secondary N) is 1. The fourth-order valence-electron chi connectivity index (χ4n) is 3.88. The standard InChI is InChI=1S/C19H27N3O2/c23-18(15-8-7-13-20-14-15)22(17-11-5-2-6-12-17)19(24)21-16-9-3-1-4-10-16/h7-8,13-14,16-17H,1-6,9-12H2,(H,21,24). The minimum absolute atomic E-state index is 0.00930. The van der Waals surface area contributed by atoms with Gasteiger partial charge in [0, 0.05) is 24.5 Å². The van der Waals surface area contributed by atoms with E-state index in [0.29, 0.717) is 5.56 Å². The Balaban J connectivity index is 1.75. The first-order valence-corrected chi connectivity index (χ1v) is 9.30. The minimum Gasteiger partial charge on any atom is -0.335 e. The summed E-state index contributed by atoms with van der Waals surface area (Å²) in [6.07, 6.45) is 14.0. The molecule has 3 amide bonds. The summed E-state index contributed by atoms with van der Waals surface area (Å²) in [6.45, 7) is 0. The molecule has 130 valence electrons. The summed E-state index contributed by atoms with van der Waals surface area (Å²) >= 11 is 0. The average Bonchev–Trinajstić information content (AvgIpc) is 2.64. The molecule has 2 aliphatic carbocycles. The summed E-state index contributed by atoms with van der Waals surface area (Å²) in [4.78, 5) is 31.4. The van der Waals surface area contributed by atoms with E-state index in [1.54, 1.807) is 24.5 Å². The summed E-state index contributed by atoms with van der Waals surface area (Å²) in [5.41, 5.74) is 0.488. The van der Waals surface area contributed by atoms with E-state index in [-0.39, 0.29) is 24.0 Å². The van der Waals surface area contributed by atoms with Crippen molar-refractivity contribution in [3.8, 4) is 0 Å². The number of hydrogen-bond acceptors (Lipinski definition) is 3. The number of aromatic nitrogens is 1. The van der Waals surface area contributed by atoms with Crippen molar-refractivity contribution in [1.82, 2.24) is 15.2 Å². The predicted molar refractivity (Wildman–Crippen MR) is 92.7 cm³/mol. The molecule has 2 saturated carbocycles. The van der Waals surface area contributed by atoms with E-state index in [4.69, 9.17) is 0 Å². The summed E-state index contributed by atoms with van der Waals surface area (Å²) in [5, 5.41) is 3.11. The lowest BCUT2D eigenvalue weighted by Gasteiger charge is -2.34. The van der Waals surface area contributed by atoms with Crippen molar-refractivity contribution < 1.29 is 9.59 Å². The van der Waals surface area contributed by atoms with Gasteiger partial charge in [-0.15, -0.1) is 0 Å². The summed E-state index contributed by atoms with van der Waals surface area (Å²) in [6, 6.07) is 3.47. The maximum Gasteiger partial charge on any atom is 0.324 e. The molecule has 5 heteroatoms. The highest BCUT2D eigenvalue weighted by molar-refractivity contribution is 6.04. The zero-order valence-corrected chi connectivity index (χ0v) is 14.2. The van der Waals surface area contributed by atoms with Crippen LogP contribution in [-0.2, 0) is 0 Å². The second-order valence-electron chi connectivity index (χ2n) is 6.99. The highest BCUT2D eigenvalue weighted by atomic mass is 16.2. The van der Waals surface area contributed by atoms with E-state index in [9.17, 15) is 9.59 Å². The quantitative estimate of drug-likeness (QED) is 0.915. The van der Waals surface area contributed by atoms with Crippen LogP contribution in [0.3, 0.4) is 0 Å². The van der Waals surface area contributed by atoms with Crippen LogP contribution in [0.5, 0.6) is 0 Å². The van der Waals surface area contributed by atoms with Crippen LogP contribution in [0.2, 0.25) is 0 Å². The van der Waals surface area contributed by atoms with Crippen LogP contribution in [-0.4, -0.2) is 33.9 Å². The van der Waals surface area contributed by atoms with Crippen LogP contribution in [0.25, 0.3) is 0 Å². The van der Waals surface area contributed by atoms with Crippen LogP contribution < -0.4 is 5.32 Å². The molecule has 1 N–H and O–H groups in total. The lowest BCUT2D eigenvalue weighted by molar-refractivity contribution is 0.0701. The molecule has 0 saturated heterocycles. The van der Waals surface area contributed by atoms with Gasteiger partial charge < -0.3 is 5.32 Å². The van der Waals surface area contributed by atoms with Gasteiger partial charge in [-0.2, -0.15) is 0 Å². The molecule has 2 aliphatic rings. The van der Waals surface area contributed by atoms with Gasteiger partial charge in [0.2, 0.25) is 0 Å². The maximum atomic E-state index is 13.0. The van der Waals surface area contributed by atoms with E-state index >= 15 is 0 Å². The van der Waals surface area contributed by atoms with Gasteiger partial charge in [-0.05, 0) is 37.8 Å². The second kappa shape index (κ2) is 8.27. The van der Waals surface area contributed by atoms with Crippen LogP contribution in [0.15, 0.2) is 24.5 Å². The van der Waals surface area contributed by atoms with E-state index in [1.807, 2.05) is 0 Å². The number of hydrogen-bond donors (Lipinski definition) is 1. The van der Waals surface area contributed by atoms with Crippen LogP contribution in [0.4, 0.5) is 4.79 Å². The van der Waals surface area contributed by atoms with Crippen molar-refractivity contribution in [2.45, 2.75) is 76.3 Å². The van der Waals surface area contributed by atoms with Gasteiger partial charge in [0.25, 0.3) is 5.91 Å². The number of rotatable bonds is 3. The van der Waals surface area contributed by atoms with Crippen molar-refractivity contribution in [3.63, 3.8) is 0 Å². The Kier molecular flexibility index (Phi) is 5.83.